The highest BCUT2D eigenvalue weighted by Gasteiger charge is 2.21. The molecule has 190 valence electrons. The lowest BCUT2D eigenvalue weighted by molar-refractivity contribution is 0.0628. The molecule has 1 aromatic heterocycles. The van der Waals surface area contributed by atoms with Crippen molar-refractivity contribution in [3.63, 3.8) is 0 Å². The first-order chi connectivity index (χ1) is 16.5. The Balaban J connectivity index is 0.00000342. The number of nitrogens with zero attached hydrogens (tertiary/aromatic N) is 5. The van der Waals surface area contributed by atoms with Gasteiger partial charge in [-0.15, -0.1) is 12.4 Å². The average Bonchev–Trinajstić information content (AvgIpc) is 3.19. The predicted molar refractivity (Wildman–Crippen MR) is 141 cm³/mol. The van der Waals surface area contributed by atoms with Crippen LogP contribution in [0.25, 0.3) is 0 Å². The van der Waals surface area contributed by atoms with Crippen molar-refractivity contribution in [3.05, 3.63) is 75.9 Å². The highest BCUT2D eigenvalue weighted by atomic mass is 35.5. The monoisotopic (exact) mass is 521 g/mol. The smallest absolute Gasteiger partial charge is 0.348 e. The quantitative estimate of drug-likeness (QED) is 0.440. The van der Waals surface area contributed by atoms with Gasteiger partial charge in [0.1, 0.15) is 18.2 Å². The van der Waals surface area contributed by atoms with E-state index in [4.69, 9.17) is 16.3 Å². The second-order valence-corrected chi connectivity index (χ2v) is 8.82. The molecule has 10 heteroatoms. The molecule has 4 rings (SSSR count). The average molecular weight is 522 g/mol. The summed E-state index contributed by atoms with van der Waals surface area (Å²) >= 11 is 6.12. The first-order valence-electron chi connectivity index (χ1n) is 11.8. The van der Waals surface area contributed by atoms with E-state index in [1.165, 1.54) is 4.68 Å². The minimum absolute atomic E-state index is 0. The maximum atomic E-state index is 12.9. The molecule has 0 spiro atoms. The minimum atomic E-state index is -0.958. The van der Waals surface area contributed by atoms with E-state index < -0.39 is 6.23 Å². The first kappa shape index (κ1) is 27.1. The van der Waals surface area contributed by atoms with Gasteiger partial charge in [-0.25, -0.2) is 4.79 Å². The summed E-state index contributed by atoms with van der Waals surface area (Å²) in [6.07, 6.45) is 0.0869. The Bertz CT molecular complexity index is 1110. The van der Waals surface area contributed by atoms with Crippen LogP contribution < -0.4 is 15.3 Å². The number of halogens is 2. The number of aryl methyl sites for hydroxylation is 1. The molecule has 0 radical (unpaired) electrons. The summed E-state index contributed by atoms with van der Waals surface area (Å²) in [6.45, 7) is 6.96. The molecule has 1 saturated heterocycles. The Morgan fingerprint density at radius 3 is 2.49 bits per heavy atom. The summed E-state index contributed by atoms with van der Waals surface area (Å²) in [4.78, 5) is 17.5. The van der Waals surface area contributed by atoms with Crippen LogP contribution in [-0.4, -0.2) is 63.7 Å². The van der Waals surface area contributed by atoms with Crippen molar-refractivity contribution in [1.29, 1.82) is 0 Å². The van der Waals surface area contributed by atoms with Crippen molar-refractivity contribution in [2.24, 2.45) is 0 Å². The number of rotatable bonds is 10. The number of aliphatic hydroxyl groups excluding tert-OH is 1. The van der Waals surface area contributed by atoms with Gasteiger partial charge in [-0.05, 0) is 30.3 Å². The molecular formula is C25H33Cl2N5O3. The second-order valence-electron chi connectivity index (χ2n) is 8.39. The van der Waals surface area contributed by atoms with Crippen LogP contribution >= 0.6 is 24.0 Å². The Morgan fingerprint density at radius 2 is 1.80 bits per heavy atom. The minimum Gasteiger partial charge on any atom is -0.492 e. The van der Waals surface area contributed by atoms with Crippen molar-refractivity contribution >= 4 is 29.7 Å². The van der Waals surface area contributed by atoms with E-state index in [-0.39, 0.29) is 18.1 Å². The van der Waals surface area contributed by atoms with Crippen molar-refractivity contribution in [2.75, 3.05) is 44.2 Å². The molecule has 0 amide bonds. The van der Waals surface area contributed by atoms with Crippen LogP contribution in [0.2, 0.25) is 5.02 Å². The zero-order chi connectivity index (χ0) is 23.9. The van der Waals surface area contributed by atoms with Gasteiger partial charge in [-0.2, -0.15) is 9.78 Å². The Hall–Kier alpha value is -2.52. The van der Waals surface area contributed by atoms with E-state index in [0.717, 1.165) is 42.6 Å². The fourth-order valence-corrected chi connectivity index (χ4v) is 4.41. The van der Waals surface area contributed by atoms with Crippen LogP contribution in [-0.2, 0) is 13.0 Å². The molecule has 1 N–H and O–H groups in total. The van der Waals surface area contributed by atoms with E-state index in [9.17, 15) is 9.90 Å². The summed E-state index contributed by atoms with van der Waals surface area (Å²) < 4.78 is 8.54. The Labute approximate surface area is 217 Å². The van der Waals surface area contributed by atoms with Gasteiger partial charge in [0.2, 0.25) is 0 Å². The number of ether oxygens (including phenoxy) is 1. The lowest BCUT2D eigenvalue weighted by atomic mass is 10.2. The summed E-state index contributed by atoms with van der Waals surface area (Å²) in [6, 6.07) is 17.4. The molecule has 3 aromatic rings. The second kappa shape index (κ2) is 13.0. The normalized spacial score (nSPS) is 15.0. The highest BCUT2D eigenvalue weighted by molar-refractivity contribution is 6.30. The summed E-state index contributed by atoms with van der Waals surface area (Å²) in [5.41, 5.74) is 0.833. The van der Waals surface area contributed by atoms with E-state index in [1.807, 2.05) is 55.5 Å². The summed E-state index contributed by atoms with van der Waals surface area (Å²) in [7, 11) is 0. The fourth-order valence-electron chi connectivity index (χ4n) is 4.23. The van der Waals surface area contributed by atoms with Crippen LogP contribution in [0, 0.1) is 0 Å². The zero-order valence-electron chi connectivity index (χ0n) is 19.9. The molecule has 8 nitrogen and oxygen atoms in total. The fraction of sp³-hybridized carbons (Fsp3) is 0.440. The van der Waals surface area contributed by atoms with E-state index >= 15 is 0 Å². The SMILES string of the molecule is CCc1nn([C@@H](O)CCN2CCN(c3cccc(Cl)c3)CC2)c(=O)n1CCOc1ccccc1.Cl. The van der Waals surface area contributed by atoms with Gasteiger partial charge in [0.15, 0.2) is 6.23 Å². The molecule has 1 fully saturated rings. The number of aromatic nitrogens is 3. The molecule has 1 aliphatic rings. The van der Waals surface area contributed by atoms with Crippen LogP contribution in [0.3, 0.4) is 0 Å². The van der Waals surface area contributed by atoms with Crippen LogP contribution in [0.1, 0.15) is 25.4 Å². The predicted octanol–water partition coefficient (Wildman–Crippen LogP) is 3.46. The topological polar surface area (TPSA) is 75.8 Å². The Morgan fingerprint density at radius 1 is 1.06 bits per heavy atom. The molecule has 0 saturated carbocycles. The molecule has 0 aliphatic carbocycles. The van der Waals surface area contributed by atoms with Crippen molar-refractivity contribution in [1.82, 2.24) is 19.2 Å². The summed E-state index contributed by atoms with van der Waals surface area (Å²) in [5, 5.41) is 15.9. The largest absolute Gasteiger partial charge is 0.492 e. The lowest BCUT2D eigenvalue weighted by Gasteiger charge is -2.36. The van der Waals surface area contributed by atoms with Crippen LogP contribution in [0.5, 0.6) is 5.75 Å². The van der Waals surface area contributed by atoms with Gasteiger partial charge in [0.25, 0.3) is 0 Å². The van der Waals surface area contributed by atoms with Gasteiger partial charge < -0.3 is 14.7 Å². The molecule has 1 atom stereocenters. The first-order valence-corrected chi connectivity index (χ1v) is 12.2. The third-order valence-corrected chi connectivity index (χ3v) is 6.37. The highest BCUT2D eigenvalue weighted by Crippen LogP contribution is 2.21. The van der Waals surface area contributed by atoms with E-state index in [1.54, 1.807) is 4.57 Å². The van der Waals surface area contributed by atoms with Gasteiger partial charge in [-0.1, -0.05) is 42.8 Å². The third kappa shape index (κ3) is 7.01. The number of anilines is 1. The number of aliphatic hydroxyl groups is 1. The molecular weight excluding hydrogens is 489 g/mol. The molecule has 0 bridgehead atoms. The molecule has 2 heterocycles. The zero-order valence-corrected chi connectivity index (χ0v) is 21.5. The van der Waals surface area contributed by atoms with E-state index in [0.29, 0.717) is 38.4 Å². The maximum Gasteiger partial charge on any atom is 0.348 e. The standard InChI is InChI=1S/C25H32ClN5O3.ClH/c1-2-23-27-31(25(33)30(23)17-18-34-22-9-4-3-5-10-22)24(32)11-12-28-13-15-29(16-14-28)21-8-6-7-20(26)19-21;/h3-10,19,24,32H,2,11-18H2,1H3;1H/t24-;/m0./s1. The van der Waals surface area contributed by atoms with Gasteiger partial charge in [-0.3, -0.25) is 9.47 Å². The van der Waals surface area contributed by atoms with Crippen molar-refractivity contribution in [3.8, 4) is 5.75 Å². The summed E-state index contributed by atoms with van der Waals surface area (Å²) in [5.74, 6) is 1.41. The number of hydrogen-bond acceptors (Lipinski definition) is 6. The van der Waals surface area contributed by atoms with Gasteiger partial charge in [0.05, 0.1) is 6.54 Å². The molecule has 35 heavy (non-hydrogen) atoms. The molecule has 1 aliphatic heterocycles. The number of hydrogen-bond donors (Lipinski definition) is 1. The number of benzene rings is 2. The number of piperazine rings is 1. The van der Waals surface area contributed by atoms with Crippen molar-refractivity contribution in [2.45, 2.75) is 32.5 Å². The lowest BCUT2D eigenvalue weighted by Crippen LogP contribution is -2.47. The van der Waals surface area contributed by atoms with Gasteiger partial charge in [0, 0.05) is 56.3 Å². The number of para-hydroxylation sites is 1. The van der Waals surface area contributed by atoms with Crippen LogP contribution in [0.4, 0.5) is 5.69 Å². The van der Waals surface area contributed by atoms with Gasteiger partial charge >= 0.3 is 5.69 Å². The Kier molecular flexibility index (Phi) is 10.0. The maximum absolute atomic E-state index is 12.9. The van der Waals surface area contributed by atoms with Crippen molar-refractivity contribution < 1.29 is 9.84 Å². The van der Waals surface area contributed by atoms with Crippen LogP contribution in [0.15, 0.2) is 59.4 Å². The molecule has 0 unspecified atom stereocenters. The van der Waals surface area contributed by atoms with E-state index in [2.05, 4.69) is 21.0 Å². The molecule has 2 aromatic carbocycles. The third-order valence-electron chi connectivity index (χ3n) is 6.14.